The van der Waals surface area contributed by atoms with Gasteiger partial charge in [0.1, 0.15) is 13.2 Å². The van der Waals surface area contributed by atoms with Crippen molar-refractivity contribution in [1.82, 2.24) is 10.2 Å². The average Bonchev–Trinajstić information content (AvgIpc) is 3.19. The van der Waals surface area contributed by atoms with Crippen LogP contribution in [0.1, 0.15) is 36.8 Å². The average molecular weight is 401 g/mol. The Bertz CT molecular complexity index is 861. The van der Waals surface area contributed by atoms with Crippen LogP contribution < -0.4 is 14.8 Å². The number of fused-ring (bicyclic) bond motifs is 2. The molecule has 0 spiro atoms. The van der Waals surface area contributed by atoms with E-state index in [4.69, 9.17) is 9.47 Å². The van der Waals surface area contributed by atoms with Crippen LogP contribution in [0.3, 0.4) is 0 Å². The van der Waals surface area contributed by atoms with Gasteiger partial charge in [-0.2, -0.15) is 0 Å². The van der Waals surface area contributed by atoms with Crippen LogP contribution in [-0.4, -0.2) is 43.2 Å². The Morgan fingerprint density at radius 3 is 2.86 bits per heavy atom. The lowest BCUT2D eigenvalue weighted by molar-refractivity contribution is -0.125. The van der Waals surface area contributed by atoms with Gasteiger partial charge in [0, 0.05) is 30.6 Å². The predicted molar refractivity (Wildman–Crippen MR) is 111 cm³/mol. The second-order valence-electron chi connectivity index (χ2n) is 8.13. The van der Waals surface area contributed by atoms with Crippen molar-refractivity contribution in [2.75, 3.05) is 26.3 Å². The summed E-state index contributed by atoms with van der Waals surface area (Å²) in [5.74, 6) is 1.50. The zero-order valence-electron chi connectivity index (χ0n) is 16.8. The van der Waals surface area contributed by atoms with Gasteiger partial charge in [-0.15, -0.1) is 11.3 Å². The highest BCUT2D eigenvalue weighted by Gasteiger charge is 2.32. The molecule has 0 bridgehead atoms. The Kier molecular flexibility index (Phi) is 5.34. The number of ether oxygens (including phenoxy) is 2. The fourth-order valence-corrected chi connectivity index (χ4v) is 4.69. The van der Waals surface area contributed by atoms with E-state index in [0.717, 1.165) is 36.6 Å². The van der Waals surface area contributed by atoms with Gasteiger partial charge in [-0.1, -0.05) is 6.07 Å². The third-order valence-electron chi connectivity index (χ3n) is 5.85. The molecule has 4 rings (SSSR count). The number of rotatable bonds is 5. The first-order chi connectivity index (χ1) is 13.4. The lowest BCUT2D eigenvalue weighted by Crippen LogP contribution is -2.48. The van der Waals surface area contributed by atoms with Crippen LogP contribution in [0, 0.1) is 0 Å². The van der Waals surface area contributed by atoms with E-state index < -0.39 is 5.41 Å². The maximum absolute atomic E-state index is 13.0. The van der Waals surface area contributed by atoms with Crippen LogP contribution in [0.5, 0.6) is 11.5 Å². The van der Waals surface area contributed by atoms with Crippen molar-refractivity contribution in [2.24, 2.45) is 0 Å². The van der Waals surface area contributed by atoms with Crippen LogP contribution in [-0.2, 0) is 23.2 Å². The van der Waals surface area contributed by atoms with Crippen LogP contribution in [0.25, 0.3) is 0 Å². The minimum Gasteiger partial charge on any atom is -0.486 e. The zero-order chi connectivity index (χ0) is 19.7. The number of thiophene rings is 1. The van der Waals surface area contributed by atoms with Gasteiger partial charge in [0.15, 0.2) is 11.5 Å². The Hall–Kier alpha value is -2.05. The maximum atomic E-state index is 13.0. The molecule has 2 aliphatic heterocycles. The van der Waals surface area contributed by atoms with Crippen molar-refractivity contribution in [3.63, 3.8) is 0 Å². The van der Waals surface area contributed by atoms with Crippen LogP contribution >= 0.6 is 11.3 Å². The first-order valence-electron chi connectivity index (χ1n) is 9.93. The van der Waals surface area contributed by atoms with E-state index in [0.29, 0.717) is 25.8 Å². The van der Waals surface area contributed by atoms with Gasteiger partial charge >= 0.3 is 0 Å². The van der Waals surface area contributed by atoms with E-state index in [1.807, 2.05) is 43.4 Å². The molecule has 0 aliphatic carbocycles. The van der Waals surface area contributed by atoms with Crippen LogP contribution in [0.15, 0.2) is 29.6 Å². The Morgan fingerprint density at radius 1 is 1.25 bits per heavy atom. The molecule has 1 atom stereocenters. The summed E-state index contributed by atoms with van der Waals surface area (Å²) in [4.78, 5) is 16.9. The third-order valence-corrected chi connectivity index (χ3v) is 6.87. The molecule has 1 aromatic carbocycles. The lowest BCUT2D eigenvalue weighted by atomic mass is 9.83. The number of nitrogens with one attached hydrogen (secondary N) is 1. The predicted octanol–water partition coefficient (Wildman–Crippen LogP) is 3.36. The summed E-state index contributed by atoms with van der Waals surface area (Å²) < 4.78 is 11.3. The van der Waals surface area contributed by atoms with E-state index >= 15 is 0 Å². The minimum atomic E-state index is -0.641. The Balaban J connectivity index is 1.37. The first kappa shape index (κ1) is 19.3. The summed E-state index contributed by atoms with van der Waals surface area (Å²) in [6, 6.07) is 8.31. The van der Waals surface area contributed by atoms with Gasteiger partial charge in [0.25, 0.3) is 0 Å². The zero-order valence-corrected chi connectivity index (χ0v) is 17.6. The molecule has 1 amide bonds. The number of hydrogen-bond acceptors (Lipinski definition) is 5. The standard InChI is InChI=1S/C22H28N2O3S/c1-15(24-8-6-20-16(14-24)7-11-28-20)13-23-21(25)22(2,3)17-4-5-18-19(12-17)27-10-9-26-18/h4-5,7,11-12,15H,6,8-10,13-14H2,1-3H3,(H,23,25). The van der Waals surface area contributed by atoms with Gasteiger partial charge in [-0.3, -0.25) is 9.69 Å². The Morgan fingerprint density at radius 2 is 2.04 bits per heavy atom. The fraction of sp³-hybridized carbons (Fsp3) is 0.500. The molecular formula is C22H28N2O3S. The molecule has 0 saturated heterocycles. The molecule has 0 fully saturated rings. The molecule has 5 nitrogen and oxygen atoms in total. The largest absolute Gasteiger partial charge is 0.486 e. The highest BCUT2D eigenvalue weighted by atomic mass is 32.1. The molecule has 28 heavy (non-hydrogen) atoms. The van der Waals surface area contributed by atoms with Crippen LogP contribution in [0.4, 0.5) is 0 Å². The van der Waals surface area contributed by atoms with Crippen molar-refractivity contribution in [2.45, 2.75) is 45.2 Å². The SMILES string of the molecule is CC(CNC(=O)C(C)(C)c1ccc2c(c1)OCCO2)N1CCc2sccc2C1. The second kappa shape index (κ2) is 7.76. The van der Waals surface area contributed by atoms with Crippen molar-refractivity contribution >= 4 is 17.2 Å². The van der Waals surface area contributed by atoms with E-state index in [1.165, 1.54) is 10.4 Å². The third kappa shape index (κ3) is 3.76. The van der Waals surface area contributed by atoms with E-state index in [2.05, 4.69) is 28.6 Å². The Labute approximate surface area is 170 Å². The molecule has 1 unspecified atom stereocenters. The van der Waals surface area contributed by atoms with Crippen molar-refractivity contribution in [3.05, 3.63) is 45.6 Å². The smallest absolute Gasteiger partial charge is 0.230 e. The molecule has 0 radical (unpaired) electrons. The lowest BCUT2D eigenvalue weighted by Gasteiger charge is -2.33. The molecule has 3 heterocycles. The summed E-state index contributed by atoms with van der Waals surface area (Å²) >= 11 is 1.85. The minimum absolute atomic E-state index is 0.0317. The van der Waals surface area contributed by atoms with E-state index in [1.54, 1.807) is 0 Å². The summed E-state index contributed by atoms with van der Waals surface area (Å²) in [5.41, 5.74) is 1.73. The summed E-state index contributed by atoms with van der Waals surface area (Å²) in [6.45, 7) is 9.88. The number of nitrogens with zero attached hydrogens (tertiary/aromatic N) is 1. The normalized spacial score (nSPS) is 17.7. The number of amides is 1. The summed E-state index contributed by atoms with van der Waals surface area (Å²) in [6.07, 6.45) is 1.11. The monoisotopic (exact) mass is 400 g/mol. The number of carbonyl (C=O) groups excluding carboxylic acids is 1. The van der Waals surface area contributed by atoms with Gasteiger partial charge in [0.2, 0.25) is 5.91 Å². The van der Waals surface area contributed by atoms with Crippen molar-refractivity contribution in [1.29, 1.82) is 0 Å². The molecule has 1 aromatic heterocycles. The highest BCUT2D eigenvalue weighted by Crippen LogP contribution is 2.35. The van der Waals surface area contributed by atoms with Gasteiger partial charge in [0.05, 0.1) is 5.41 Å². The molecule has 0 saturated carbocycles. The van der Waals surface area contributed by atoms with E-state index in [-0.39, 0.29) is 5.91 Å². The summed E-state index contributed by atoms with van der Waals surface area (Å²) in [5, 5.41) is 5.34. The molecule has 6 heteroatoms. The fourth-order valence-electron chi connectivity index (χ4n) is 3.80. The van der Waals surface area contributed by atoms with Gasteiger partial charge < -0.3 is 14.8 Å². The molecule has 2 aliphatic rings. The number of benzene rings is 1. The topological polar surface area (TPSA) is 50.8 Å². The number of hydrogen-bond donors (Lipinski definition) is 1. The molecular weight excluding hydrogens is 372 g/mol. The first-order valence-corrected chi connectivity index (χ1v) is 10.8. The quantitative estimate of drug-likeness (QED) is 0.836. The highest BCUT2D eigenvalue weighted by molar-refractivity contribution is 7.10. The summed E-state index contributed by atoms with van der Waals surface area (Å²) in [7, 11) is 0. The molecule has 150 valence electrons. The van der Waals surface area contributed by atoms with E-state index in [9.17, 15) is 4.79 Å². The van der Waals surface area contributed by atoms with Gasteiger partial charge in [-0.05, 0) is 61.9 Å². The molecule has 1 N–H and O–H groups in total. The number of carbonyl (C=O) groups is 1. The van der Waals surface area contributed by atoms with Crippen molar-refractivity contribution in [3.8, 4) is 11.5 Å². The molecule has 2 aromatic rings. The van der Waals surface area contributed by atoms with Crippen molar-refractivity contribution < 1.29 is 14.3 Å². The van der Waals surface area contributed by atoms with Gasteiger partial charge in [-0.25, -0.2) is 0 Å². The second-order valence-corrected chi connectivity index (χ2v) is 9.13. The van der Waals surface area contributed by atoms with Crippen LogP contribution in [0.2, 0.25) is 0 Å². The maximum Gasteiger partial charge on any atom is 0.230 e.